The van der Waals surface area contributed by atoms with E-state index in [0.717, 1.165) is 44.8 Å². The van der Waals surface area contributed by atoms with E-state index in [4.69, 9.17) is 5.73 Å². The molecule has 0 atom stereocenters. The van der Waals surface area contributed by atoms with Crippen LogP contribution in [0.25, 0.3) is 0 Å². The molecule has 16 heavy (non-hydrogen) atoms. The van der Waals surface area contributed by atoms with E-state index in [-0.39, 0.29) is 0 Å². The molecule has 5 heteroatoms. The Morgan fingerprint density at radius 2 is 2.06 bits per heavy atom. The molecule has 3 heterocycles. The van der Waals surface area contributed by atoms with Crippen molar-refractivity contribution in [3.05, 3.63) is 11.3 Å². The van der Waals surface area contributed by atoms with Crippen molar-refractivity contribution in [1.29, 1.82) is 0 Å². The van der Waals surface area contributed by atoms with Crippen LogP contribution in [0.1, 0.15) is 30.1 Å². The van der Waals surface area contributed by atoms with Crippen LogP contribution in [0.4, 0.5) is 5.82 Å². The van der Waals surface area contributed by atoms with Crippen molar-refractivity contribution in [1.82, 2.24) is 20.0 Å². The molecule has 0 spiro atoms. The molecule has 88 valence electrons. The summed E-state index contributed by atoms with van der Waals surface area (Å²) in [5, 5.41) is 8.06. The molecule has 0 aromatic carbocycles. The van der Waals surface area contributed by atoms with Crippen LogP contribution >= 0.6 is 0 Å². The second kappa shape index (κ2) is 3.75. The Kier molecular flexibility index (Phi) is 2.37. The summed E-state index contributed by atoms with van der Waals surface area (Å²) >= 11 is 0. The molecule has 1 saturated heterocycles. The summed E-state index contributed by atoms with van der Waals surface area (Å²) in [6.45, 7) is 4.05. The van der Waals surface area contributed by atoms with Crippen molar-refractivity contribution in [3.63, 3.8) is 0 Å². The fourth-order valence-corrected chi connectivity index (χ4v) is 2.74. The van der Waals surface area contributed by atoms with E-state index in [9.17, 15) is 0 Å². The first-order chi connectivity index (χ1) is 7.75. The molecule has 3 rings (SSSR count). The molecule has 0 radical (unpaired) electrons. The van der Waals surface area contributed by atoms with Crippen LogP contribution in [0.5, 0.6) is 0 Å². The van der Waals surface area contributed by atoms with Crippen LogP contribution in [-0.4, -0.2) is 34.8 Å². The van der Waals surface area contributed by atoms with Crippen LogP contribution in [0, 0.1) is 0 Å². The molecular formula is C11H19N5. The number of fused-ring (bicyclic) bond motifs is 1. The lowest BCUT2D eigenvalue weighted by molar-refractivity contribution is 0.323. The van der Waals surface area contributed by atoms with E-state index in [1.807, 2.05) is 0 Å². The largest absolute Gasteiger partial charge is 0.384 e. The van der Waals surface area contributed by atoms with Gasteiger partial charge in [-0.05, 0) is 33.0 Å². The number of aromatic nitrogens is 2. The third-order valence-corrected chi connectivity index (χ3v) is 3.64. The molecular weight excluding hydrogens is 202 g/mol. The average Bonchev–Trinajstić information content (AvgIpc) is 2.79. The minimum atomic E-state index is 0.497. The predicted molar refractivity (Wildman–Crippen MR) is 63.0 cm³/mol. The van der Waals surface area contributed by atoms with Gasteiger partial charge in [0.15, 0.2) is 0 Å². The number of nitrogen functional groups attached to an aromatic ring is 1. The SMILES string of the molecule is CN1Cc2nn(C3CCNCC3)c(N)c2C1. The van der Waals surface area contributed by atoms with Crippen LogP contribution in [-0.2, 0) is 13.1 Å². The van der Waals surface area contributed by atoms with E-state index in [1.54, 1.807) is 0 Å². The Morgan fingerprint density at radius 3 is 2.75 bits per heavy atom. The molecule has 0 saturated carbocycles. The molecule has 2 aliphatic rings. The maximum Gasteiger partial charge on any atom is 0.126 e. The Bertz CT molecular complexity index is 391. The Balaban J connectivity index is 1.89. The summed E-state index contributed by atoms with van der Waals surface area (Å²) in [7, 11) is 2.11. The second-order valence-corrected chi connectivity index (χ2v) is 4.91. The highest BCUT2D eigenvalue weighted by molar-refractivity contribution is 5.45. The zero-order valence-corrected chi connectivity index (χ0v) is 9.74. The smallest absolute Gasteiger partial charge is 0.126 e. The number of hydrogen-bond acceptors (Lipinski definition) is 4. The molecule has 0 bridgehead atoms. The van der Waals surface area contributed by atoms with Crippen molar-refractivity contribution in [3.8, 4) is 0 Å². The van der Waals surface area contributed by atoms with Gasteiger partial charge in [0.2, 0.25) is 0 Å². The maximum absolute atomic E-state index is 6.20. The van der Waals surface area contributed by atoms with E-state index >= 15 is 0 Å². The van der Waals surface area contributed by atoms with Gasteiger partial charge in [-0.2, -0.15) is 5.10 Å². The van der Waals surface area contributed by atoms with Gasteiger partial charge in [-0.3, -0.25) is 4.90 Å². The summed E-state index contributed by atoms with van der Waals surface area (Å²) in [5.74, 6) is 0.895. The molecule has 1 fully saturated rings. The van der Waals surface area contributed by atoms with E-state index in [1.165, 1.54) is 11.3 Å². The molecule has 1 aromatic heterocycles. The van der Waals surface area contributed by atoms with Crippen molar-refractivity contribution >= 4 is 5.82 Å². The quantitative estimate of drug-likeness (QED) is 0.718. The molecule has 2 aliphatic heterocycles. The lowest BCUT2D eigenvalue weighted by Gasteiger charge is -2.24. The Hall–Kier alpha value is -1.07. The fourth-order valence-electron chi connectivity index (χ4n) is 2.74. The normalized spacial score (nSPS) is 22.6. The van der Waals surface area contributed by atoms with Gasteiger partial charge in [-0.1, -0.05) is 0 Å². The molecule has 0 amide bonds. The summed E-state index contributed by atoms with van der Waals surface area (Å²) in [6.07, 6.45) is 2.28. The predicted octanol–water partition coefficient (Wildman–Crippen LogP) is 0.335. The lowest BCUT2D eigenvalue weighted by atomic mass is 10.1. The standard InChI is InChI=1S/C11H19N5/c1-15-6-9-10(7-15)14-16(11(9)12)8-2-4-13-5-3-8/h8,13H,2-7,12H2,1H3. The van der Waals surface area contributed by atoms with Gasteiger partial charge in [-0.15, -0.1) is 0 Å². The van der Waals surface area contributed by atoms with Gasteiger partial charge in [0.1, 0.15) is 5.82 Å². The number of piperidine rings is 1. The molecule has 0 unspecified atom stereocenters. The molecule has 1 aromatic rings. The first-order valence-corrected chi connectivity index (χ1v) is 6.00. The zero-order valence-electron chi connectivity index (χ0n) is 9.74. The van der Waals surface area contributed by atoms with Gasteiger partial charge in [0.05, 0.1) is 11.7 Å². The Labute approximate surface area is 95.6 Å². The average molecular weight is 221 g/mol. The van der Waals surface area contributed by atoms with Crippen LogP contribution in [0.3, 0.4) is 0 Å². The van der Waals surface area contributed by atoms with Crippen molar-refractivity contribution in [2.75, 3.05) is 25.9 Å². The van der Waals surface area contributed by atoms with Crippen LogP contribution < -0.4 is 11.1 Å². The van der Waals surface area contributed by atoms with Crippen LogP contribution in [0.2, 0.25) is 0 Å². The number of rotatable bonds is 1. The second-order valence-electron chi connectivity index (χ2n) is 4.91. The zero-order chi connectivity index (χ0) is 11.1. The van der Waals surface area contributed by atoms with E-state index < -0.39 is 0 Å². The number of anilines is 1. The van der Waals surface area contributed by atoms with Gasteiger partial charge < -0.3 is 11.1 Å². The fraction of sp³-hybridized carbons (Fsp3) is 0.727. The highest BCUT2D eigenvalue weighted by Gasteiger charge is 2.27. The van der Waals surface area contributed by atoms with Gasteiger partial charge in [0.25, 0.3) is 0 Å². The molecule has 5 nitrogen and oxygen atoms in total. The van der Waals surface area contributed by atoms with Crippen molar-refractivity contribution in [2.24, 2.45) is 0 Å². The van der Waals surface area contributed by atoms with Crippen molar-refractivity contribution < 1.29 is 0 Å². The molecule has 3 N–H and O–H groups in total. The highest BCUT2D eigenvalue weighted by atomic mass is 15.4. The summed E-state index contributed by atoms with van der Waals surface area (Å²) < 4.78 is 2.07. The summed E-state index contributed by atoms with van der Waals surface area (Å²) in [5.41, 5.74) is 8.63. The number of nitrogens with one attached hydrogen (secondary N) is 1. The highest BCUT2D eigenvalue weighted by Crippen LogP contribution is 2.30. The van der Waals surface area contributed by atoms with Gasteiger partial charge in [-0.25, -0.2) is 4.68 Å². The number of nitrogens with zero attached hydrogens (tertiary/aromatic N) is 3. The third kappa shape index (κ3) is 1.51. The van der Waals surface area contributed by atoms with E-state index in [2.05, 4.69) is 27.0 Å². The number of nitrogens with two attached hydrogens (primary N) is 1. The third-order valence-electron chi connectivity index (χ3n) is 3.64. The minimum Gasteiger partial charge on any atom is -0.384 e. The van der Waals surface area contributed by atoms with Gasteiger partial charge in [0, 0.05) is 18.7 Å². The maximum atomic E-state index is 6.20. The summed E-state index contributed by atoms with van der Waals surface area (Å²) in [6, 6.07) is 0.497. The molecule has 0 aliphatic carbocycles. The van der Waals surface area contributed by atoms with Crippen molar-refractivity contribution in [2.45, 2.75) is 32.0 Å². The van der Waals surface area contributed by atoms with E-state index in [0.29, 0.717) is 6.04 Å². The first kappa shape index (κ1) is 10.1. The van der Waals surface area contributed by atoms with Gasteiger partial charge >= 0.3 is 0 Å². The first-order valence-electron chi connectivity index (χ1n) is 6.00. The topological polar surface area (TPSA) is 59.1 Å². The monoisotopic (exact) mass is 221 g/mol. The minimum absolute atomic E-state index is 0.497. The number of hydrogen-bond donors (Lipinski definition) is 2. The lowest BCUT2D eigenvalue weighted by Crippen LogP contribution is -2.30. The summed E-state index contributed by atoms with van der Waals surface area (Å²) in [4.78, 5) is 2.25. The Morgan fingerprint density at radius 1 is 1.31 bits per heavy atom. The van der Waals surface area contributed by atoms with Crippen LogP contribution in [0.15, 0.2) is 0 Å².